The largest absolute Gasteiger partial charge is 0.303 e. The third kappa shape index (κ3) is 7.92. The van der Waals surface area contributed by atoms with E-state index in [1.54, 1.807) is 12.2 Å². The van der Waals surface area contributed by atoms with E-state index in [9.17, 15) is 4.79 Å². The molecule has 0 aromatic carbocycles. The van der Waals surface area contributed by atoms with Gasteiger partial charge in [0.15, 0.2) is 0 Å². The molecule has 0 spiro atoms. The maximum absolute atomic E-state index is 9.33. The molecule has 0 bridgehead atoms. The number of aldehydes is 1. The van der Waals surface area contributed by atoms with Gasteiger partial charge in [-0.25, -0.2) is 0 Å². The minimum absolute atomic E-state index is 0.145. The summed E-state index contributed by atoms with van der Waals surface area (Å²) >= 11 is 0. The highest BCUT2D eigenvalue weighted by molar-refractivity contribution is 5.51. The second kappa shape index (κ2) is 10.1. The van der Waals surface area contributed by atoms with Crippen molar-refractivity contribution >= 4 is 13.0 Å². The van der Waals surface area contributed by atoms with Gasteiger partial charge in [0.2, 0.25) is 0 Å². The fourth-order valence-corrected chi connectivity index (χ4v) is 0.759. The lowest BCUT2D eigenvalue weighted by Crippen LogP contribution is -2.25. The van der Waals surface area contributed by atoms with E-state index >= 15 is 0 Å². The van der Waals surface area contributed by atoms with Crippen LogP contribution in [-0.2, 0) is 4.79 Å². The lowest BCUT2D eigenvalue weighted by atomic mass is 9.89. The Hall–Kier alpha value is -1.44. The lowest BCUT2D eigenvalue weighted by Gasteiger charge is -2.24. The Bertz CT molecular complexity index is 247. The summed E-state index contributed by atoms with van der Waals surface area (Å²) in [5.74, 6) is 0.469. The highest BCUT2D eigenvalue weighted by Gasteiger charge is 2.21. The fraction of sp³-hybridized carbons (Fsp3) is 0.429. The van der Waals surface area contributed by atoms with Crippen molar-refractivity contribution in [3.8, 4) is 0 Å². The summed E-state index contributed by atoms with van der Waals surface area (Å²) in [6, 6.07) is 0. The molecule has 0 saturated carbocycles. The maximum Gasteiger partial charge on any atom is 0.123 e. The standard InChI is InChI=1S/C10H17N.C4H6O/c1-6-7-8-10(4,11-5)9(2)3;1-2-3-4-5/h6-9H,1,5H2,2-4H3;2,4H,1,3H2/b8-7-;. The van der Waals surface area contributed by atoms with Crippen LogP contribution in [0.5, 0.6) is 0 Å². The molecule has 90 valence electrons. The number of hydrogen-bond donors (Lipinski definition) is 0. The predicted molar refractivity (Wildman–Crippen MR) is 73.0 cm³/mol. The van der Waals surface area contributed by atoms with Gasteiger partial charge in [0.1, 0.15) is 6.29 Å². The van der Waals surface area contributed by atoms with Crippen LogP contribution in [0.4, 0.5) is 0 Å². The van der Waals surface area contributed by atoms with E-state index in [-0.39, 0.29) is 5.54 Å². The minimum atomic E-state index is -0.145. The van der Waals surface area contributed by atoms with Crippen molar-refractivity contribution in [1.29, 1.82) is 0 Å². The number of carbonyl (C=O) groups excluding carboxylic acids is 1. The number of nitrogens with zero attached hydrogens (tertiary/aromatic N) is 1. The van der Waals surface area contributed by atoms with Crippen LogP contribution in [0.2, 0.25) is 0 Å². The smallest absolute Gasteiger partial charge is 0.123 e. The van der Waals surface area contributed by atoms with Gasteiger partial charge >= 0.3 is 0 Å². The Kier molecular flexibility index (Phi) is 10.7. The van der Waals surface area contributed by atoms with Gasteiger partial charge in [0, 0.05) is 6.42 Å². The zero-order valence-corrected chi connectivity index (χ0v) is 10.6. The van der Waals surface area contributed by atoms with E-state index in [1.165, 1.54) is 0 Å². The van der Waals surface area contributed by atoms with Crippen LogP contribution < -0.4 is 0 Å². The Morgan fingerprint density at radius 2 is 1.94 bits per heavy atom. The summed E-state index contributed by atoms with van der Waals surface area (Å²) in [6.45, 7) is 16.8. The third-order valence-electron chi connectivity index (χ3n) is 2.34. The molecule has 1 unspecified atom stereocenters. The molecular weight excluding hydrogens is 198 g/mol. The fourth-order valence-electron chi connectivity index (χ4n) is 0.759. The topological polar surface area (TPSA) is 29.4 Å². The second-order valence-corrected chi connectivity index (χ2v) is 3.82. The number of rotatable bonds is 6. The highest BCUT2D eigenvalue weighted by Crippen LogP contribution is 2.22. The van der Waals surface area contributed by atoms with Gasteiger partial charge in [-0.2, -0.15) is 0 Å². The molecule has 2 nitrogen and oxygen atoms in total. The van der Waals surface area contributed by atoms with E-state index in [1.807, 2.05) is 12.2 Å². The molecule has 0 aliphatic rings. The van der Waals surface area contributed by atoms with Crippen molar-refractivity contribution in [3.63, 3.8) is 0 Å². The summed E-state index contributed by atoms with van der Waals surface area (Å²) in [7, 11) is 0. The molecule has 0 fully saturated rings. The molecule has 1 atom stereocenters. The van der Waals surface area contributed by atoms with Gasteiger partial charge in [-0.15, -0.1) is 6.58 Å². The Labute approximate surface area is 99.5 Å². The molecule has 16 heavy (non-hydrogen) atoms. The molecule has 0 saturated heterocycles. The van der Waals surface area contributed by atoms with Crippen LogP contribution in [0.15, 0.2) is 42.5 Å². The van der Waals surface area contributed by atoms with Crippen molar-refractivity contribution < 1.29 is 4.79 Å². The number of aliphatic imine (C=N–C) groups is 1. The number of allylic oxidation sites excluding steroid dienone is 3. The normalized spacial score (nSPS) is 13.5. The Morgan fingerprint density at radius 1 is 1.38 bits per heavy atom. The zero-order chi connectivity index (χ0) is 13.0. The summed E-state index contributed by atoms with van der Waals surface area (Å²) < 4.78 is 0. The molecule has 0 amide bonds. The van der Waals surface area contributed by atoms with Gasteiger partial charge in [0.25, 0.3) is 0 Å². The lowest BCUT2D eigenvalue weighted by molar-refractivity contribution is -0.107. The average molecular weight is 221 g/mol. The summed E-state index contributed by atoms with van der Waals surface area (Å²) in [6.07, 6.45) is 8.54. The van der Waals surface area contributed by atoms with Crippen LogP contribution in [-0.4, -0.2) is 18.5 Å². The summed E-state index contributed by atoms with van der Waals surface area (Å²) in [5.41, 5.74) is -0.145. The Balaban J connectivity index is 0. The molecule has 0 aromatic rings. The molecule has 0 aliphatic carbocycles. The van der Waals surface area contributed by atoms with Crippen molar-refractivity contribution in [3.05, 3.63) is 37.5 Å². The van der Waals surface area contributed by atoms with E-state index in [0.29, 0.717) is 12.3 Å². The molecule has 2 heteroatoms. The quantitative estimate of drug-likeness (QED) is 0.291. The van der Waals surface area contributed by atoms with Gasteiger partial charge in [-0.3, -0.25) is 4.99 Å². The number of carbonyl (C=O) groups is 1. The molecule has 0 N–H and O–H groups in total. The van der Waals surface area contributed by atoms with Crippen LogP contribution in [0.25, 0.3) is 0 Å². The van der Waals surface area contributed by atoms with Crippen LogP contribution >= 0.6 is 0 Å². The van der Waals surface area contributed by atoms with Crippen LogP contribution in [0.1, 0.15) is 27.2 Å². The second-order valence-electron chi connectivity index (χ2n) is 3.82. The monoisotopic (exact) mass is 221 g/mol. The van der Waals surface area contributed by atoms with Crippen molar-refractivity contribution in [2.75, 3.05) is 0 Å². The molecule has 0 aromatic heterocycles. The van der Waals surface area contributed by atoms with E-state index in [2.05, 4.69) is 45.6 Å². The average Bonchev–Trinajstić information content (AvgIpc) is 2.27. The minimum Gasteiger partial charge on any atom is -0.303 e. The van der Waals surface area contributed by atoms with Crippen LogP contribution in [0.3, 0.4) is 0 Å². The van der Waals surface area contributed by atoms with Crippen LogP contribution in [0, 0.1) is 5.92 Å². The van der Waals surface area contributed by atoms with E-state index < -0.39 is 0 Å². The first kappa shape index (κ1) is 17.0. The van der Waals surface area contributed by atoms with Crippen molar-refractivity contribution in [1.82, 2.24) is 0 Å². The van der Waals surface area contributed by atoms with Gasteiger partial charge < -0.3 is 4.79 Å². The highest BCUT2D eigenvalue weighted by atomic mass is 16.1. The molecule has 0 radical (unpaired) electrons. The first-order chi connectivity index (χ1) is 7.48. The van der Waals surface area contributed by atoms with Crippen molar-refractivity contribution in [2.24, 2.45) is 10.9 Å². The molecular formula is C14H23NO. The van der Waals surface area contributed by atoms with E-state index in [4.69, 9.17) is 0 Å². The Morgan fingerprint density at radius 3 is 2.12 bits per heavy atom. The summed E-state index contributed by atoms with van der Waals surface area (Å²) in [5, 5.41) is 0. The maximum atomic E-state index is 9.33. The zero-order valence-electron chi connectivity index (χ0n) is 10.6. The predicted octanol–water partition coefficient (Wildman–Crippen LogP) is 3.61. The molecule has 0 rings (SSSR count). The summed E-state index contributed by atoms with van der Waals surface area (Å²) in [4.78, 5) is 13.4. The molecule has 0 heterocycles. The SMILES string of the molecule is C=C/C=C\C(C)(N=C)C(C)C.C=CCC=O. The van der Waals surface area contributed by atoms with Gasteiger partial charge in [-0.1, -0.05) is 44.7 Å². The third-order valence-corrected chi connectivity index (χ3v) is 2.34. The molecule has 0 aliphatic heterocycles. The van der Waals surface area contributed by atoms with Gasteiger partial charge in [-0.05, 0) is 19.6 Å². The van der Waals surface area contributed by atoms with Crippen molar-refractivity contribution in [2.45, 2.75) is 32.7 Å². The van der Waals surface area contributed by atoms with E-state index in [0.717, 1.165) is 6.29 Å². The number of hydrogen-bond acceptors (Lipinski definition) is 2. The first-order valence-corrected chi connectivity index (χ1v) is 5.31. The first-order valence-electron chi connectivity index (χ1n) is 5.31. The van der Waals surface area contributed by atoms with Gasteiger partial charge in [0.05, 0.1) is 5.54 Å².